The van der Waals surface area contributed by atoms with Crippen molar-refractivity contribution < 1.29 is 22.7 Å². The molecule has 0 aliphatic carbocycles. The van der Waals surface area contributed by atoms with Gasteiger partial charge in [-0.15, -0.1) is 0 Å². The number of methoxy groups -OCH3 is 2. The first-order valence-electron chi connectivity index (χ1n) is 9.37. The molecule has 10 heteroatoms. The fourth-order valence-corrected chi connectivity index (χ4v) is 4.04. The Labute approximate surface area is 181 Å². The van der Waals surface area contributed by atoms with Gasteiger partial charge >= 0.3 is 0 Å². The zero-order valence-corrected chi connectivity index (χ0v) is 18.3. The van der Waals surface area contributed by atoms with Crippen LogP contribution in [-0.2, 0) is 21.4 Å². The number of nitrogens with one attached hydrogen (secondary N) is 1. The number of aromatic nitrogens is 2. The van der Waals surface area contributed by atoms with E-state index < -0.39 is 15.9 Å². The monoisotopic (exact) mass is 444 g/mol. The number of sulfonamides is 1. The third kappa shape index (κ3) is 5.22. The summed E-state index contributed by atoms with van der Waals surface area (Å²) in [7, 11) is 0.366. The minimum absolute atomic E-state index is 0.00976. The number of rotatable bonds is 9. The van der Waals surface area contributed by atoms with E-state index in [0.717, 1.165) is 15.6 Å². The summed E-state index contributed by atoms with van der Waals surface area (Å²) in [5.41, 5.74) is 1.84. The summed E-state index contributed by atoms with van der Waals surface area (Å²) in [6.07, 6.45) is 5.23. The van der Waals surface area contributed by atoms with Crippen LogP contribution < -0.4 is 14.8 Å². The van der Waals surface area contributed by atoms with E-state index in [4.69, 9.17) is 9.47 Å². The average Bonchev–Trinajstić information content (AvgIpc) is 3.32. The molecule has 1 aromatic heterocycles. The molecule has 1 heterocycles. The van der Waals surface area contributed by atoms with Gasteiger partial charge in [0, 0.05) is 37.7 Å². The van der Waals surface area contributed by atoms with E-state index in [-0.39, 0.29) is 18.0 Å². The van der Waals surface area contributed by atoms with Crippen molar-refractivity contribution in [3.8, 4) is 17.2 Å². The van der Waals surface area contributed by atoms with Gasteiger partial charge in [-0.2, -0.15) is 4.31 Å². The Bertz CT molecular complexity index is 1130. The van der Waals surface area contributed by atoms with Crippen LogP contribution in [0, 0.1) is 0 Å². The van der Waals surface area contributed by atoms with Crippen LogP contribution in [0.2, 0.25) is 0 Å². The largest absolute Gasteiger partial charge is 0.493 e. The van der Waals surface area contributed by atoms with Gasteiger partial charge in [0.2, 0.25) is 15.9 Å². The maximum atomic E-state index is 12.8. The molecule has 0 fully saturated rings. The zero-order valence-electron chi connectivity index (χ0n) is 17.5. The summed E-state index contributed by atoms with van der Waals surface area (Å²) < 4.78 is 38.8. The van der Waals surface area contributed by atoms with Crippen molar-refractivity contribution in [2.75, 3.05) is 27.8 Å². The lowest BCUT2D eigenvalue weighted by molar-refractivity contribution is -0.121. The molecule has 0 radical (unpaired) electrons. The summed E-state index contributed by atoms with van der Waals surface area (Å²) >= 11 is 0. The number of nitrogens with zero attached hydrogens (tertiary/aromatic N) is 3. The molecule has 0 saturated carbocycles. The summed E-state index contributed by atoms with van der Waals surface area (Å²) in [6.45, 7) is -0.0307. The molecule has 9 nitrogen and oxygen atoms in total. The lowest BCUT2D eigenvalue weighted by Gasteiger charge is -2.18. The topological polar surface area (TPSA) is 103 Å². The Hall–Kier alpha value is -3.37. The lowest BCUT2D eigenvalue weighted by Crippen LogP contribution is -2.38. The van der Waals surface area contributed by atoms with Crippen molar-refractivity contribution >= 4 is 15.9 Å². The fourth-order valence-electron chi connectivity index (χ4n) is 2.90. The van der Waals surface area contributed by atoms with Crippen LogP contribution in [0.3, 0.4) is 0 Å². The Kier molecular flexibility index (Phi) is 6.93. The number of carbonyl (C=O) groups is 1. The van der Waals surface area contributed by atoms with Gasteiger partial charge in [0.25, 0.3) is 0 Å². The van der Waals surface area contributed by atoms with E-state index in [2.05, 4.69) is 10.3 Å². The molecule has 0 bridgehead atoms. The molecule has 0 spiro atoms. The summed E-state index contributed by atoms with van der Waals surface area (Å²) in [4.78, 5) is 16.3. The van der Waals surface area contributed by atoms with Gasteiger partial charge in [-0.1, -0.05) is 12.1 Å². The molecule has 0 unspecified atom stereocenters. The Morgan fingerprint density at radius 3 is 2.42 bits per heavy atom. The molecule has 2 aromatic carbocycles. The van der Waals surface area contributed by atoms with Gasteiger partial charge in [-0.3, -0.25) is 4.79 Å². The van der Waals surface area contributed by atoms with Gasteiger partial charge in [0.15, 0.2) is 11.5 Å². The molecule has 0 aliphatic rings. The SMILES string of the molecule is COc1ccc(S(=O)(=O)N(C)CC(=O)NCc2ccc(-n3ccnc3)cc2)cc1OC. The Morgan fingerprint density at radius 2 is 1.81 bits per heavy atom. The van der Waals surface area contributed by atoms with Crippen LogP contribution in [-0.4, -0.2) is 56.0 Å². The highest BCUT2D eigenvalue weighted by Crippen LogP contribution is 2.30. The van der Waals surface area contributed by atoms with Gasteiger partial charge in [0.1, 0.15) is 0 Å². The quantitative estimate of drug-likeness (QED) is 0.540. The zero-order chi connectivity index (χ0) is 22.4. The van der Waals surface area contributed by atoms with Gasteiger partial charge in [0.05, 0.1) is 32.0 Å². The first kappa shape index (κ1) is 22.3. The van der Waals surface area contributed by atoms with E-state index in [1.165, 1.54) is 39.5 Å². The second kappa shape index (κ2) is 9.63. The highest BCUT2D eigenvalue weighted by Gasteiger charge is 2.24. The maximum Gasteiger partial charge on any atom is 0.243 e. The van der Waals surface area contributed by atoms with E-state index in [0.29, 0.717) is 11.5 Å². The average molecular weight is 445 g/mol. The van der Waals surface area contributed by atoms with Crippen LogP contribution in [0.25, 0.3) is 5.69 Å². The normalized spacial score (nSPS) is 11.4. The highest BCUT2D eigenvalue weighted by atomic mass is 32.2. The Morgan fingerprint density at radius 1 is 1.10 bits per heavy atom. The molecule has 0 aliphatic heterocycles. The van der Waals surface area contributed by atoms with E-state index >= 15 is 0 Å². The molecule has 164 valence electrons. The minimum atomic E-state index is -3.88. The van der Waals surface area contributed by atoms with Gasteiger partial charge in [-0.05, 0) is 29.8 Å². The van der Waals surface area contributed by atoms with Gasteiger partial charge < -0.3 is 19.4 Å². The van der Waals surface area contributed by atoms with E-state index in [9.17, 15) is 13.2 Å². The Balaban J connectivity index is 1.59. The van der Waals surface area contributed by atoms with Crippen molar-refractivity contribution in [2.45, 2.75) is 11.4 Å². The fraction of sp³-hybridized carbons (Fsp3) is 0.238. The summed E-state index contributed by atoms with van der Waals surface area (Å²) in [5.74, 6) is 0.298. The molecule has 0 atom stereocenters. The number of amides is 1. The first-order chi connectivity index (χ1) is 14.8. The molecule has 31 heavy (non-hydrogen) atoms. The van der Waals surface area contributed by atoms with Crippen molar-refractivity contribution in [1.82, 2.24) is 19.2 Å². The molecular weight excluding hydrogens is 420 g/mol. The summed E-state index contributed by atoms with van der Waals surface area (Å²) in [5, 5.41) is 2.74. The standard InChI is InChI=1S/C21H24N4O5S/c1-24(31(27,28)18-8-9-19(29-2)20(12-18)30-3)14-21(26)23-13-16-4-6-17(7-5-16)25-11-10-22-15-25/h4-12,15H,13-14H2,1-3H3,(H,23,26). The van der Waals surface area contributed by atoms with E-state index in [1.54, 1.807) is 12.5 Å². The molecule has 3 rings (SSSR count). The number of hydrogen-bond donors (Lipinski definition) is 1. The lowest BCUT2D eigenvalue weighted by atomic mass is 10.2. The van der Waals surface area contributed by atoms with Crippen molar-refractivity contribution in [2.24, 2.45) is 0 Å². The van der Waals surface area contributed by atoms with Crippen molar-refractivity contribution in [3.05, 3.63) is 66.7 Å². The first-order valence-corrected chi connectivity index (χ1v) is 10.8. The van der Waals surface area contributed by atoms with E-state index in [1.807, 2.05) is 35.0 Å². The maximum absolute atomic E-state index is 12.8. The number of ether oxygens (including phenoxy) is 2. The third-order valence-corrected chi connectivity index (χ3v) is 6.46. The second-order valence-corrected chi connectivity index (χ2v) is 8.74. The molecule has 1 N–H and O–H groups in total. The number of benzene rings is 2. The number of likely N-dealkylation sites (N-methyl/N-ethyl adjacent to an activating group) is 1. The van der Waals surface area contributed by atoms with Crippen LogP contribution in [0.15, 0.2) is 66.1 Å². The van der Waals surface area contributed by atoms with Crippen molar-refractivity contribution in [1.29, 1.82) is 0 Å². The predicted octanol–water partition coefficient (Wildman–Crippen LogP) is 1.83. The second-order valence-electron chi connectivity index (χ2n) is 6.69. The van der Waals surface area contributed by atoms with Crippen LogP contribution in [0.5, 0.6) is 11.5 Å². The summed E-state index contributed by atoms with van der Waals surface area (Å²) in [6, 6.07) is 11.9. The third-order valence-electron chi connectivity index (χ3n) is 4.66. The molecule has 0 saturated heterocycles. The number of hydrogen-bond acceptors (Lipinski definition) is 6. The van der Waals surface area contributed by atoms with Crippen LogP contribution >= 0.6 is 0 Å². The molecule has 3 aromatic rings. The van der Waals surface area contributed by atoms with Crippen LogP contribution in [0.1, 0.15) is 5.56 Å². The molecular formula is C21H24N4O5S. The highest BCUT2D eigenvalue weighted by molar-refractivity contribution is 7.89. The predicted molar refractivity (Wildman–Crippen MR) is 115 cm³/mol. The van der Waals surface area contributed by atoms with Gasteiger partial charge in [-0.25, -0.2) is 13.4 Å². The number of carbonyl (C=O) groups excluding carboxylic acids is 1. The minimum Gasteiger partial charge on any atom is -0.493 e. The van der Waals surface area contributed by atoms with Crippen LogP contribution in [0.4, 0.5) is 0 Å². The number of imidazole rings is 1. The van der Waals surface area contributed by atoms with Crippen molar-refractivity contribution in [3.63, 3.8) is 0 Å². The smallest absolute Gasteiger partial charge is 0.243 e. The molecule has 1 amide bonds.